The molecule has 0 spiro atoms. The van der Waals surface area contributed by atoms with E-state index in [-0.39, 0.29) is 23.6 Å². The van der Waals surface area contributed by atoms with Crippen molar-refractivity contribution in [3.63, 3.8) is 0 Å². The van der Waals surface area contributed by atoms with Crippen molar-refractivity contribution in [2.75, 3.05) is 26.2 Å². The molecule has 2 heterocycles. The molecule has 0 aliphatic carbocycles. The zero-order chi connectivity index (χ0) is 25.8. The first-order valence-corrected chi connectivity index (χ1v) is 13.1. The van der Waals surface area contributed by atoms with Gasteiger partial charge in [-0.05, 0) is 61.5 Å². The number of benzene rings is 3. The van der Waals surface area contributed by atoms with Gasteiger partial charge < -0.3 is 10.6 Å². The number of hydrogen-bond donors (Lipinski definition) is 1. The molecule has 1 atom stereocenters. The van der Waals surface area contributed by atoms with E-state index in [0.29, 0.717) is 17.7 Å². The Morgan fingerprint density at radius 3 is 1.81 bits per heavy atom. The number of nitrogens with zero attached hydrogens (tertiary/aromatic N) is 2. The van der Waals surface area contributed by atoms with Gasteiger partial charge in [-0.15, -0.1) is 0 Å². The Hall–Kier alpha value is -3.77. The van der Waals surface area contributed by atoms with Gasteiger partial charge in [0.1, 0.15) is 5.41 Å². The van der Waals surface area contributed by atoms with E-state index in [0.717, 1.165) is 56.4 Å². The summed E-state index contributed by atoms with van der Waals surface area (Å²) in [6.07, 6.45) is 3.56. The molecule has 2 aliphatic heterocycles. The molecule has 6 heteroatoms. The number of amides is 3. The molecule has 5 rings (SSSR count). The van der Waals surface area contributed by atoms with Crippen molar-refractivity contribution >= 4 is 17.7 Å². The van der Waals surface area contributed by atoms with E-state index in [1.165, 1.54) is 4.90 Å². The molecule has 6 nitrogen and oxygen atoms in total. The molecular weight excluding hydrogens is 462 g/mol. The highest BCUT2D eigenvalue weighted by Crippen LogP contribution is 2.43. The third kappa shape index (κ3) is 4.58. The Kier molecular flexibility index (Phi) is 7.19. The Labute approximate surface area is 218 Å². The minimum atomic E-state index is -0.872. The summed E-state index contributed by atoms with van der Waals surface area (Å²) in [7, 11) is 0. The average molecular weight is 496 g/mol. The molecule has 0 saturated carbocycles. The van der Waals surface area contributed by atoms with Crippen molar-refractivity contribution in [1.82, 2.24) is 9.80 Å². The quantitative estimate of drug-likeness (QED) is 0.337. The Bertz CT molecular complexity index is 1200. The SMILES string of the molecule is NC(=O)C(c1ccccc1)(c1ccccc1)C1CCN(CCCCCN2C(=O)c3ccccc3C2=O)C1. The van der Waals surface area contributed by atoms with E-state index in [9.17, 15) is 14.4 Å². The predicted molar refractivity (Wildman–Crippen MR) is 143 cm³/mol. The Morgan fingerprint density at radius 2 is 1.27 bits per heavy atom. The van der Waals surface area contributed by atoms with Gasteiger partial charge in [-0.2, -0.15) is 0 Å². The highest BCUT2D eigenvalue weighted by Gasteiger charge is 2.49. The summed E-state index contributed by atoms with van der Waals surface area (Å²) in [4.78, 5) is 42.1. The lowest BCUT2D eigenvalue weighted by Gasteiger charge is -2.37. The van der Waals surface area contributed by atoms with Crippen molar-refractivity contribution in [3.05, 3.63) is 107 Å². The van der Waals surface area contributed by atoms with Crippen molar-refractivity contribution in [2.24, 2.45) is 11.7 Å². The van der Waals surface area contributed by atoms with Gasteiger partial charge in [0.2, 0.25) is 5.91 Å². The van der Waals surface area contributed by atoms with E-state index in [1.54, 1.807) is 24.3 Å². The molecule has 1 fully saturated rings. The van der Waals surface area contributed by atoms with Crippen LogP contribution in [0.5, 0.6) is 0 Å². The summed E-state index contributed by atoms with van der Waals surface area (Å²) in [6.45, 7) is 3.07. The van der Waals surface area contributed by atoms with Crippen LogP contribution in [0, 0.1) is 5.92 Å². The fraction of sp³-hybridized carbons (Fsp3) is 0.323. The lowest BCUT2D eigenvalue weighted by atomic mass is 9.64. The van der Waals surface area contributed by atoms with Gasteiger partial charge >= 0.3 is 0 Å². The molecule has 2 N–H and O–H groups in total. The molecule has 0 bridgehead atoms. The minimum absolute atomic E-state index is 0.0770. The van der Waals surface area contributed by atoms with Crippen LogP contribution in [0.1, 0.15) is 57.5 Å². The van der Waals surface area contributed by atoms with Gasteiger partial charge in [0, 0.05) is 13.1 Å². The molecule has 3 amide bonds. The van der Waals surface area contributed by atoms with E-state index in [2.05, 4.69) is 4.90 Å². The molecule has 37 heavy (non-hydrogen) atoms. The summed E-state index contributed by atoms with van der Waals surface area (Å²) in [5.74, 6) is -0.606. The van der Waals surface area contributed by atoms with Gasteiger partial charge in [0.05, 0.1) is 11.1 Å². The topological polar surface area (TPSA) is 83.7 Å². The number of unbranched alkanes of at least 4 members (excludes halogenated alkanes) is 2. The Morgan fingerprint density at radius 1 is 0.757 bits per heavy atom. The molecule has 3 aromatic rings. The molecule has 3 aromatic carbocycles. The highest BCUT2D eigenvalue weighted by molar-refractivity contribution is 6.21. The van der Waals surface area contributed by atoms with Gasteiger partial charge in [-0.25, -0.2) is 0 Å². The molecule has 190 valence electrons. The maximum atomic E-state index is 13.2. The minimum Gasteiger partial charge on any atom is -0.369 e. The van der Waals surface area contributed by atoms with Crippen molar-refractivity contribution in [2.45, 2.75) is 31.1 Å². The summed E-state index contributed by atoms with van der Waals surface area (Å²) in [5.41, 5.74) is 8.23. The first-order valence-electron chi connectivity index (χ1n) is 13.1. The van der Waals surface area contributed by atoms with Crippen LogP contribution >= 0.6 is 0 Å². The zero-order valence-electron chi connectivity index (χ0n) is 21.0. The van der Waals surface area contributed by atoms with Gasteiger partial charge in [0.25, 0.3) is 11.8 Å². The van der Waals surface area contributed by atoms with Crippen LogP contribution in [0.4, 0.5) is 0 Å². The standard InChI is InChI=1S/C31H33N3O3/c32-30(37)31(23-12-4-1-5-13-23,24-14-6-2-7-15-24)25-18-21-33(22-25)19-10-3-11-20-34-28(35)26-16-8-9-17-27(26)29(34)36/h1-2,4-9,12-17,25H,3,10-11,18-22H2,(H2,32,37). The third-order valence-electron chi connectivity index (χ3n) is 7.97. The second kappa shape index (κ2) is 10.7. The number of likely N-dealkylation sites (tertiary alicyclic amines) is 1. The number of imide groups is 1. The van der Waals surface area contributed by atoms with Crippen LogP contribution in [-0.4, -0.2) is 53.7 Å². The number of rotatable bonds is 10. The van der Waals surface area contributed by atoms with Crippen LogP contribution < -0.4 is 5.73 Å². The van der Waals surface area contributed by atoms with Crippen molar-refractivity contribution < 1.29 is 14.4 Å². The molecule has 1 saturated heterocycles. The van der Waals surface area contributed by atoms with Crippen molar-refractivity contribution in [3.8, 4) is 0 Å². The lowest BCUT2D eigenvalue weighted by Crippen LogP contribution is -2.49. The first-order chi connectivity index (χ1) is 18.0. The number of primary amides is 1. The van der Waals surface area contributed by atoms with Gasteiger partial charge in [-0.3, -0.25) is 19.3 Å². The summed E-state index contributed by atoms with van der Waals surface area (Å²) < 4.78 is 0. The monoisotopic (exact) mass is 495 g/mol. The fourth-order valence-corrected chi connectivity index (χ4v) is 6.14. The average Bonchev–Trinajstić information content (AvgIpc) is 3.49. The van der Waals surface area contributed by atoms with Crippen LogP contribution in [0.3, 0.4) is 0 Å². The van der Waals surface area contributed by atoms with Crippen molar-refractivity contribution in [1.29, 1.82) is 0 Å². The number of fused-ring (bicyclic) bond motifs is 1. The summed E-state index contributed by atoms with van der Waals surface area (Å²) >= 11 is 0. The van der Waals surface area contributed by atoms with E-state index < -0.39 is 5.41 Å². The second-order valence-corrected chi connectivity index (χ2v) is 10.1. The number of nitrogens with two attached hydrogens (primary N) is 1. The number of carbonyl (C=O) groups excluding carboxylic acids is 3. The number of carbonyl (C=O) groups is 3. The molecule has 1 unspecified atom stereocenters. The van der Waals surface area contributed by atoms with Crippen LogP contribution in [0.25, 0.3) is 0 Å². The maximum Gasteiger partial charge on any atom is 0.261 e. The molecule has 0 aromatic heterocycles. The molecule has 2 aliphatic rings. The van der Waals surface area contributed by atoms with Crippen LogP contribution in [0.15, 0.2) is 84.9 Å². The van der Waals surface area contributed by atoms with Crippen LogP contribution in [-0.2, 0) is 10.2 Å². The number of hydrogen-bond acceptors (Lipinski definition) is 4. The molecule has 0 radical (unpaired) electrons. The summed E-state index contributed by atoms with van der Waals surface area (Å²) in [6, 6.07) is 26.9. The smallest absolute Gasteiger partial charge is 0.261 e. The van der Waals surface area contributed by atoms with Gasteiger partial charge in [-0.1, -0.05) is 79.2 Å². The fourth-order valence-electron chi connectivity index (χ4n) is 6.14. The zero-order valence-corrected chi connectivity index (χ0v) is 21.0. The second-order valence-electron chi connectivity index (χ2n) is 10.1. The van der Waals surface area contributed by atoms with E-state index >= 15 is 0 Å². The lowest BCUT2D eigenvalue weighted by molar-refractivity contribution is -0.123. The maximum absolute atomic E-state index is 13.2. The van der Waals surface area contributed by atoms with Gasteiger partial charge in [0.15, 0.2) is 0 Å². The van der Waals surface area contributed by atoms with Crippen LogP contribution in [0.2, 0.25) is 0 Å². The third-order valence-corrected chi connectivity index (χ3v) is 7.97. The predicted octanol–water partition coefficient (Wildman–Crippen LogP) is 4.25. The Balaban J connectivity index is 1.19. The first kappa shape index (κ1) is 24.9. The van der Waals surface area contributed by atoms with E-state index in [1.807, 2.05) is 60.7 Å². The summed E-state index contributed by atoms with van der Waals surface area (Å²) in [5, 5.41) is 0. The normalized spacial score (nSPS) is 17.8. The molecular formula is C31H33N3O3. The largest absolute Gasteiger partial charge is 0.369 e. The highest BCUT2D eigenvalue weighted by atomic mass is 16.2. The van der Waals surface area contributed by atoms with E-state index in [4.69, 9.17) is 5.73 Å².